The van der Waals surface area contributed by atoms with Crippen molar-refractivity contribution in [2.24, 2.45) is 0 Å². The molecule has 0 radical (unpaired) electrons. The van der Waals surface area contributed by atoms with Crippen LogP contribution in [0.1, 0.15) is 21.5 Å². The number of nitriles is 1. The first-order chi connectivity index (χ1) is 9.72. The van der Waals surface area contributed by atoms with Crippen molar-refractivity contribution in [3.8, 4) is 11.8 Å². The average Bonchev–Trinajstić information content (AvgIpc) is 2.53. The standard InChI is InChI=1S/C16H14N2O2/c1-20-15-8-6-14(7-9-15)16(19)18-11-13-4-2-12(10-17)3-5-13/h2-9H,11H2,1H3,(H,18,19). The van der Waals surface area contributed by atoms with Crippen molar-refractivity contribution in [3.63, 3.8) is 0 Å². The van der Waals surface area contributed by atoms with Crippen LogP contribution in [0.2, 0.25) is 0 Å². The third-order valence-corrected chi connectivity index (χ3v) is 2.89. The van der Waals surface area contributed by atoms with Crippen LogP contribution in [0.15, 0.2) is 48.5 Å². The van der Waals surface area contributed by atoms with Crippen LogP contribution in [0.5, 0.6) is 5.75 Å². The maximum absolute atomic E-state index is 11.9. The summed E-state index contributed by atoms with van der Waals surface area (Å²) in [6, 6.07) is 16.1. The van der Waals surface area contributed by atoms with Crippen LogP contribution in [-0.2, 0) is 6.54 Å². The number of hydrogen-bond acceptors (Lipinski definition) is 3. The molecule has 0 unspecified atom stereocenters. The fraction of sp³-hybridized carbons (Fsp3) is 0.125. The van der Waals surface area contributed by atoms with Crippen molar-refractivity contribution < 1.29 is 9.53 Å². The van der Waals surface area contributed by atoms with Gasteiger partial charge in [-0.3, -0.25) is 4.79 Å². The molecule has 0 atom stereocenters. The Morgan fingerprint density at radius 3 is 2.35 bits per heavy atom. The number of benzene rings is 2. The van der Waals surface area contributed by atoms with Gasteiger partial charge >= 0.3 is 0 Å². The molecule has 2 rings (SSSR count). The molecule has 0 heterocycles. The highest BCUT2D eigenvalue weighted by atomic mass is 16.5. The first-order valence-corrected chi connectivity index (χ1v) is 6.14. The minimum absolute atomic E-state index is 0.142. The number of nitrogens with one attached hydrogen (secondary N) is 1. The number of rotatable bonds is 4. The van der Waals surface area contributed by atoms with Gasteiger partial charge in [0.15, 0.2) is 0 Å². The highest BCUT2D eigenvalue weighted by molar-refractivity contribution is 5.94. The van der Waals surface area contributed by atoms with E-state index in [0.717, 1.165) is 5.56 Å². The van der Waals surface area contributed by atoms with Crippen LogP contribution in [0.3, 0.4) is 0 Å². The molecule has 0 saturated carbocycles. The van der Waals surface area contributed by atoms with Gasteiger partial charge in [0.05, 0.1) is 18.7 Å². The van der Waals surface area contributed by atoms with E-state index in [9.17, 15) is 4.79 Å². The number of ether oxygens (including phenoxy) is 1. The van der Waals surface area contributed by atoms with E-state index in [2.05, 4.69) is 11.4 Å². The van der Waals surface area contributed by atoms with Crippen molar-refractivity contribution in [3.05, 3.63) is 65.2 Å². The monoisotopic (exact) mass is 266 g/mol. The van der Waals surface area contributed by atoms with Gasteiger partial charge in [-0.05, 0) is 42.0 Å². The first kappa shape index (κ1) is 13.6. The lowest BCUT2D eigenvalue weighted by molar-refractivity contribution is 0.0951. The molecule has 1 N–H and O–H groups in total. The molecule has 0 aliphatic heterocycles. The normalized spacial score (nSPS) is 9.60. The second-order valence-electron chi connectivity index (χ2n) is 4.22. The Morgan fingerprint density at radius 1 is 1.15 bits per heavy atom. The average molecular weight is 266 g/mol. The van der Waals surface area contributed by atoms with E-state index < -0.39 is 0 Å². The van der Waals surface area contributed by atoms with Crippen LogP contribution >= 0.6 is 0 Å². The Balaban J connectivity index is 1.95. The molecule has 100 valence electrons. The van der Waals surface area contributed by atoms with Crippen LogP contribution in [0, 0.1) is 11.3 Å². The van der Waals surface area contributed by atoms with Crippen molar-refractivity contribution in [2.45, 2.75) is 6.54 Å². The van der Waals surface area contributed by atoms with Gasteiger partial charge in [-0.15, -0.1) is 0 Å². The molecule has 0 bridgehead atoms. The van der Waals surface area contributed by atoms with Gasteiger partial charge in [-0.1, -0.05) is 12.1 Å². The summed E-state index contributed by atoms with van der Waals surface area (Å²) in [5.41, 5.74) is 2.14. The molecule has 0 aliphatic rings. The summed E-state index contributed by atoms with van der Waals surface area (Å²) in [6.45, 7) is 0.427. The summed E-state index contributed by atoms with van der Waals surface area (Å²) >= 11 is 0. The van der Waals surface area contributed by atoms with E-state index in [1.54, 1.807) is 43.5 Å². The summed E-state index contributed by atoms with van der Waals surface area (Å²) in [4.78, 5) is 11.9. The number of carbonyl (C=O) groups excluding carboxylic acids is 1. The van der Waals surface area contributed by atoms with E-state index in [1.165, 1.54) is 0 Å². The number of carbonyl (C=O) groups is 1. The Morgan fingerprint density at radius 2 is 1.80 bits per heavy atom. The lowest BCUT2D eigenvalue weighted by Crippen LogP contribution is -2.22. The zero-order chi connectivity index (χ0) is 14.4. The molecule has 0 aliphatic carbocycles. The zero-order valence-electron chi connectivity index (χ0n) is 11.1. The van der Waals surface area contributed by atoms with Gasteiger partial charge in [0, 0.05) is 12.1 Å². The maximum Gasteiger partial charge on any atom is 0.251 e. The molecule has 0 fully saturated rings. The highest BCUT2D eigenvalue weighted by Gasteiger charge is 2.05. The molecule has 20 heavy (non-hydrogen) atoms. The second-order valence-corrected chi connectivity index (χ2v) is 4.22. The smallest absolute Gasteiger partial charge is 0.251 e. The predicted octanol–water partition coefficient (Wildman–Crippen LogP) is 2.50. The number of hydrogen-bond donors (Lipinski definition) is 1. The Hall–Kier alpha value is -2.80. The highest BCUT2D eigenvalue weighted by Crippen LogP contribution is 2.11. The minimum Gasteiger partial charge on any atom is -0.497 e. The Labute approximate surface area is 117 Å². The molecule has 4 heteroatoms. The number of methoxy groups -OCH3 is 1. The molecule has 0 spiro atoms. The molecular formula is C16H14N2O2. The summed E-state index contributed by atoms with van der Waals surface area (Å²) in [5.74, 6) is 0.575. The Kier molecular flexibility index (Phi) is 4.35. The van der Waals surface area contributed by atoms with E-state index in [1.807, 2.05) is 12.1 Å². The van der Waals surface area contributed by atoms with Crippen LogP contribution < -0.4 is 10.1 Å². The quantitative estimate of drug-likeness (QED) is 0.924. The maximum atomic E-state index is 11.9. The van der Waals surface area contributed by atoms with Crippen LogP contribution in [-0.4, -0.2) is 13.0 Å². The van der Waals surface area contributed by atoms with Crippen molar-refractivity contribution in [1.82, 2.24) is 5.32 Å². The van der Waals surface area contributed by atoms with Crippen LogP contribution in [0.4, 0.5) is 0 Å². The van der Waals surface area contributed by atoms with Crippen molar-refractivity contribution in [2.75, 3.05) is 7.11 Å². The summed E-state index contributed by atoms with van der Waals surface area (Å²) < 4.78 is 5.04. The topological polar surface area (TPSA) is 62.1 Å². The van der Waals surface area contributed by atoms with Gasteiger partial charge in [-0.2, -0.15) is 5.26 Å². The van der Waals surface area contributed by atoms with Crippen LogP contribution in [0.25, 0.3) is 0 Å². The number of amides is 1. The SMILES string of the molecule is COc1ccc(C(=O)NCc2ccc(C#N)cc2)cc1. The molecule has 2 aromatic rings. The van der Waals surface area contributed by atoms with Gasteiger partial charge in [0.25, 0.3) is 5.91 Å². The zero-order valence-corrected chi connectivity index (χ0v) is 11.1. The molecule has 0 saturated heterocycles. The predicted molar refractivity (Wildman–Crippen MR) is 75.3 cm³/mol. The fourth-order valence-corrected chi connectivity index (χ4v) is 1.72. The lowest BCUT2D eigenvalue weighted by Gasteiger charge is -2.06. The van der Waals surface area contributed by atoms with Gasteiger partial charge in [0.2, 0.25) is 0 Å². The summed E-state index contributed by atoms with van der Waals surface area (Å²) in [6.07, 6.45) is 0. The largest absolute Gasteiger partial charge is 0.497 e. The van der Waals surface area contributed by atoms with E-state index in [-0.39, 0.29) is 5.91 Å². The Bertz CT molecular complexity index is 625. The van der Waals surface area contributed by atoms with Gasteiger partial charge in [-0.25, -0.2) is 0 Å². The lowest BCUT2D eigenvalue weighted by atomic mass is 10.1. The first-order valence-electron chi connectivity index (χ1n) is 6.14. The summed E-state index contributed by atoms with van der Waals surface area (Å²) in [7, 11) is 1.58. The molecule has 2 aromatic carbocycles. The van der Waals surface area contributed by atoms with Gasteiger partial charge in [0.1, 0.15) is 5.75 Å². The van der Waals surface area contributed by atoms with E-state index >= 15 is 0 Å². The van der Waals surface area contributed by atoms with Crippen molar-refractivity contribution >= 4 is 5.91 Å². The minimum atomic E-state index is -0.142. The third-order valence-electron chi connectivity index (χ3n) is 2.89. The second kappa shape index (κ2) is 6.39. The third kappa shape index (κ3) is 3.36. The molecule has 1 amide bonds. The molecule has 4 nitrogen and oxygen atoms in total. The molecule has 0 aromatic heterocycles. The van der Waals surface area contributed by atoms with Crippen molar-refractivity contribution in [1.29, 1.82) is 5.26 Å². The summed E-state index contributed by atoms with van der Waals surface area (Å²) in [5, 5.41) is 11.5. The molecular weight excluding hydrogens is 252 g/mol. The van der Waals surface area contributed by atoms with E-state index in [4.69, 9.17) is 10.00 Å². The van der Waals surface area contributed by atoms with Gasteiger partial charge < -0.3 is 10.1 Å². The van der Waals surface area contributed by atoms with E-state index in [0.29, 0.717) is 23.4 Å². The number of nitrogens with zero attached hydrogens (tertiary/aromatic N) is 1. The fourth-order valence-electron chi connectivity index (χ4n) is 1.72.